The van der Waals surface area contributed by atoms with Crippen molar-refractivity contribution >= 4 is 23.6 Å². The van der Waals surface area contributed by atoms with Gasteiger partial charge in [0, 0.05) is 11.6 Å². The van der Waals surface area contributed by atoms with Crippen molar-refractivity contribution in [2.75, 3.05) is 6.54 Å². The van der Waals surface area contributed by atoms with Gasteiger partial charge in [0.05, 0.1) is 12.5 Å². The molecule has 5 nitrogen and oxygen atoms in total. The van der Waals surface area contributed by atoms with E-state index in [2.05, 4.69) is 10.6 Å². The Bertz CT molecular complexity index is 460. The smallest absolute Gasteiger partial charge is 0.315 e. The van der Waals surface area contributed by atoms with Gasteiger partial charge in [-0.2, -0.15) is 0 Å². The predicted molar refractivity (Wildman–Crippen MR) is 77.8 cm³/mol. The van der Waals surface area contributed by atoms with Crippen molar-refractivity contribution < 1.29 is 14.7 Å². The van der Waals surface area contributed by atoms with Gasteiger partial charge in [-0.25, -0.2) is 4.79 Å². The summed E-state index contributed by atoms with van der Waals surface area (Å²) in [4.78, 5) is 22.1. The van der Waals surface area contributed by atoms with E-state index in [1.165, 1.54) is 0 Å². The highest BCUT2D eigenvalue weighted by Gasteiger charge is 2.18. The van der Waals surface area contributed by atoms with Crippen LogP contribution in [0.15, 0.2) is 24.3 Å². The Balaban J connectivity index is 2.61. The molecule has 2 amide bonds. The van der Waals surface area contributed by atoms with E-state index >= 15 is 0 Å². The lowest BCUT2D eigenvalue weighted by atomic mass is 9.96. The van der Waals surface area contributed by atoms with Crippen LogP contribution in [0.1, 0.15) is 31.9 Å². The summed E-state index contributed by atoms with van der Waals surface area (Å²) in [5.74, 6) is -0.746. The van der Waals surface area contributed by atoms with E-state index in [4.69, 9.17) is 16.7 Å². The standard InChI is InChI=1S/C14H19ClN2O3/c1-9(2)13(10-3-5-11(15)6-4-10)17-14(20)16-8-7-12(18)19/h3-6,9,13H,7-8H2,1-2H3,(H,18,19)(H2,16,17,20). The van der Waals surface area contributed by atoms with Gasteiger partial charge in [0.15, 0.2) is 0 Å². The van der Waals surface area contributed by atoms with E-state index in [1.807, 2.05) is 26.0 Å². The second kappa shape index (κ2) is 7.75. The Morgan fingerprint density at radius 2 is 1.85 bits per heavy atom. The molecular formula is C14H19ClN2O3. The summed E-state index contributed by atoms with van der Waals surface area (Å²) in [6, 6.07) is 6.75. The molecule has 0 aliphatic rings. The maximum atomic E-state index is 11.7. The van der Waals surface area contributed by atoms with Gasteiger partial charge in [0.1, 0.15) is 0 Å². The summed E-state index contributed by atoms with van der Waals surface area (Å²) < 4.78 is 0. The largest absolute Gasteiger partial charge is 0.481 e. The minimum Gasteiger partial charge on any atom is -0.481 e. The number of hydrogen-bond donors (Lipinski definition) is 3. The molecule has 0 spiro atoms. The van der Waals surface area contributed by atoms with Crippen LogP contribution in [0.5, 0.6) is 0 Å². The van der Waals surface area contributed by atoms with E-state index in [1.54, 1.807) is 12.1 Å². The van der Waals surface area contributed by atoms with Crippen LogP contribution in [0.2, 0.25) is 5.02 Å². The molecule has 0 aromatic heterocycles. The number of carbonyl (C=O) groups is 2. The number of aliphatic carboxylic acids is 1. The van der Waals surface area contributed by atoms with E-state index in [9.17, 15) is 9.59 Å². The highest BCUT2D eigenvalue weighted by molar-refractivity contribution is 6.30. The van der Waals surface area contributed by atoms with Gasteiger partial charge < -0.3 is 15.7 Å². The summed E-state index contributed by atoms with van der Waals surface area (Å²) in [5, 5.41) is 14.5. The molecule has 0 fully saturated rings. The van der Waals surface area contributed by atoms with Gasteiger partial charge in [-0.15, -0.1) is 0 Å². The normalized spacial score (nSPS) is 12.0. The van der Waals surface area contributed by atoms with Gasteiger partial charge >= 0.3 is 12.0 Å². The van der Waals surface area contributed by atoms with Gasteiger partial charge in [-0.05, 0) is 23.6 Å². The molecule has 0 heterocycles. The number of amides is 2. The molecule has 1 aromatic carbocycles. The Labute approximate surface area is 123 Å². The predicted octanol–water partition coefficient (Wildman–Crippen LogP) is 2.81. The zero-order chi connectivity index (χ0) is 15.1. The molecule has 0 aliphatic heterocycles. The number of nitrogens with one attached hydrogen (secondary N) is 2. The van der Waals surface area contributed by atoms with Gasteiger partial charge in [-0.3, -0.25) is 4.79 Å². The molecule has 0 saturated heterocycles. The van der Waals surface area contributed by atoms with Crippen molar-refractivity contribution in [2.45, 2.75) is 26.3 Å². The minimum atomic E-state index is -0.941. The maximum Gasteiger partial charge on any atom is 0.315 e. The van der Waals surface area contributed by atoms with E-state index < -0.39 is 5.97 Å². The summed E-state index contributed by atoms with van der Waals surface area (Å²) in [6.07, 6.45) is -0.0965. The fourth-order valence-electron chi connectivity index (χ4n) is 1.78. The first kappa shape index (κ1) is 16.3. The van der Waals surface area contributed by atoms with Crippen molar-refractivity contribution in [3.8, 4) is 0 Å². The van der Waals surface area contributed by atoms with Crippen LogP contribution in [0.4, 0.5) is 4.79 Å². The molecular weight excluding hydrogens is 280 g/mol. The van der Waals surface area contributed by atoms with Gasteiger partial charge in [0.25, 0.3) is 0 Å². The van der Waals surface area contributed by atoms with Crippen LogP contribution in [0, 0.1) is 5.92 Å². The van der Waals surface area contributed by atoms with Crippen molar-refractivity contribution in [1.29, 1.82) is 0 Å². The van der Waals surface area contributed by atoms with Crippen LogP contribution in [0.3, 0.4) is 0 Å². The second-order valence-electron chi connectivity index (χ2n) is 4.82. The third kappa shape index (κ3) is 5.48. The van der Waals surface area contributed by atoms with Crippen LogP contribution in [-0.4, -0.2) is 23.7 Å². The second-order valence-corrected chi connectivity index (χ2v) is 5.25. The fourth-order valence-corrected chi connectivity index (χ4v) is 1.91. The molecule has 1 rings (SSSR count). The van der Waals surface area contributed by atoms with Crippen molar-refractivity contribution in [1.82, 2.24) is 10.6 Å². The number of hydrogen-bond acceptors (Lipinski definition) is 2. The number of carboxylic acid groups (broad SMARTS) is 1. The summed E-state index contributed by atoms with van der Waals surface area (Å²) in [5.41, 5.74) is 0.956. The Hall–Kier alpha value is -1.75. The average molecular weight is 299 g/mol. The monoisotopic (exact) mass is 298 g/mol. The molecule has 0 radical (unpaired) electrons. The topological polar surface area (TPSA) is 78.4 Å². The molecule has 1 unspecified atom stereocenters. The van der Waals surface area contributed by atoms with Crippen molar-refractivity contribution in [3.63, 3.8) is 0 Å². The number of halogens is 1. The first-order valence-corrected chi connectivity index (χ1v) is 6.79. The van der Waals surface area contributed by atoms with Crippen molar-refractivity contribution in [2.24, 2.45) is 5.92 Å². The zero-order valence-electron chi connectivity index (χ0n) is 11.5. The quantitative estimate of drug-likeness (QED) is 0.755. The molecule has 1 atom stereocenters. The van der Waals surface area contributed by atoms with Gasteiger partial charge in [-0.1, -0.05) is 37.6 Å². The van der Waals surface area contributed by atoms with E-state index in [0.717, 1.165) is 5.56 Å². The first-order chi connectivity index (χ1) is 9.40. The molecule has 0 aliphatic carbocycles. The molecule has 6 heteroatoms. The third-order valence-electron chi connectivity index (χ3n) is 2.81. The molecule has 0 saturated carbocycles. The van der Waals surface area contributed by atoms with Crippen LogP contribution < -0.4 is 10.6 Å². The number of carboxylic acids is 1. The number of rotatable bonds is 6. The lowest BCUT2D eigenvalue weighted by Gasteiger charge is -2.23. The lowest BCUT2D eigenvalue weighted by molar-refractivity contribution is -0.136. The zero-order valence-corrected chi connectivity index (χ0v) is 12.3. The van der Waals surface area contributed by atoms with Crippen molar-refractivity contribution in [3.05, 3.63) is 34.9 Å². The average Bonchev–Trinajstić information content (AvgIpc) is 2.36. The Kier molecular flexibility index (Phi) is 6.31. The SMILES string of the molecule is CC(C)C(NC(=O)NCCC(=O)O)c1ccc(Cl)cc1. The Morgan fingerprint density at radius 3 is 2.35 bits per heavy atom. The Morgan fingerprint density at radius 1 is 1.25 bits per heavy atom. The first-order valence-electron chi connectivity index (χ1n) is 6.41. The molecule has 1 aromatic rings. The van der Waals surface area contributed by atoms with Gasteiger partial charge in [0.2, 0.25) is 0 Å². The molecule has 3 N–H and O–H groups in total. The molecule has 0 bridgehead atoms. The third-order valence-corrected chi connectivity index (χ3v) is 3.06. The number of benzene rings is 1. The summed E-state index contributed by atoms with van der Waals surface area (Å²) in [6.45, 7) is 4.10. The highest BCUT2D eigenvalue weighted by atomic mass is 35.5. The number of urea groups is 1. The lowest BCUT2D eigenvalue weighted by Crippen LogP contribution is -2.40. The molecule has 20 heavy (non-hydrogen) atoms. The van der Waals surface area contributed by atoms with Crippen LogP contribution >= 0.6 is 11.6 Å². The van der Waals surface area contributed by atoms with Crippen LogP contribution in [0.25, 0.3) is 0 Å². The maximum absolute atomic E-state index is 11.7. The fraction of sp³-hybridized carbons (Fsp3) is 0.429. The molecule has 110 valence electrons. The summed E-state index contributed by atoms with van der Waals surface area (Å²) >= 11 is 5.84. The highest BCUT2D eigenvalue weighted by Crippen LogP contribution is 2.23. The number of carbonyl (C=O) groups excluding carboxylic acids is 1. The van der Waals surface area contributed by atoms with Crippen LogP contribution in [-0.2, 0) is 4.79 Å². The van der Waals surface area contributed by atoms with E-state index in [-0.39, 0.29) is 31.0 Å². The van der Waals surface area contributed by atoms with E-state index in [0.29, 0.717) is 5.02 Å². The summed E-state index contributed by atoms with van der Waals surface area (Å²) in [7, 11) is 0. The minimum absolute atomic E-state index is 0.0965.